The van der Waals surface area contributed by atoms with Crippen molar-refractivity contribution in [2.45, 2.75) is 36.1 Å². The van der Waals surface area contributed by atoms with Crippen LogP contribution in [0.25, 0.3) is 0 Å². The second kappa shape index (κ2) is 5.86. The predicted molar refractivity (Wildman–Crippen MR) is 83.3 cm³/mol. The fraction of sp³-hybridized carbons (Fsp3) is 0.625. The molecule has 1 aromatic carbocycles. The Balaban J connectivity index is 1.82. The van der Waals surface area contributed by atoms with Crippen molar-refractivity contribution in [1.29, 1.82) is 0 Å². The minimum absolute atomic E-state index is 0.653. The zero-order chi connectivity index (χ0) is 14.1. The molecule has 4 heteroatoms. The van der Waals surface area contributed by atoms with Gasteiger partial charge >= 0.3 is 0 Å². The van der Waals surface area contributed by atoms with Gasteiger partial charge in [0.2, 0.25) is 0 Å². The van der Waals surface area contributed by atoms with Crippen LogP contribution in [0.4, 0.5) is 0 Å². The molecular formula is C16H23NO2S. The normalized spacial score (nSPS) is 25.8. The van der Waals surface area contributed by atoms with E-state index >= 15 is 0 Å². The topological polar surface area (TPSA) is 21.7 Å². The molecule has 0 bridgehead atoms. The third kappa shape index (κ3) is 2.51. The lowest BCUT2D eigenvalue weighted by Gasteiger charge is -2.23. The van der Waals surface area contributed by atoms with Crippen molar-refractivity contribution in [2.24, 2.45) is 0 Å². The maximum Gasteiger partial charge on any atom is 0.161 e. The van der Waals surface area contributed by atoms with Gasteiger partial charge in [-0.25, -0.2) is 0 Å². The zero-order valence-corrected chi connectivity index (χ0v) is 13.3. The van der Waals surface area contributed by atoms with Gasteiger partial charge in [-0.2, -0.15) is 0 Å². The molecule has 0 aliphatic carbocycles. The first-order chi connectivity index (χ1) is 9.72. The van der Waals surface area contributed by atoms with Crippen LogP contribution in [0.3, 0.4) is 0 Å². The molecule has 0 N–H and O–H groups in total. The molecule has 0 amide bonds. The van der Waals surface area contributed by atoms with Gasteiger partial charge in [0.05, 0.1) is 14.2 Å². The maximum absolute atomic E-state index is 5.46. The van der Waals surface area contributed by atoms with E-state index in [1.165, 1.54) is 42.0 Å². The van der Waals surface area contributed by atoms with Gasteiger partial charge in [0.25, 0.3) is 0 Å². The Labute approximate surface area is 125 Å². The van der Waals surface area contributed by atoms with Crippen LogP contribution in [0.1, 0.15) is 30.7 Å². The molecular weight excluding hydrogens is 270 g/mol. The molecule has 2 heterocycles. The van der Waals surface area contributed by atoms with E-state index in [2.05, 4.69) is 24.1 Å². The number of hydrogen-bond donors (Lipinski definition) is 0. The minimum Gasteiger partial charge on any atom is -0.493 e. The van der Waals surface area contributed by atoms with Gasteiger partial charge in [-0.15, -0.1) is 11.8 Å². The Morgan fingerprint density at radius 1 is 1.25 bits per heavy atom. The summed E-state index contributed by atoms with van der Waals surface area (Å²) in [4.78, 5) is 3.89. The first-order valence-corrected chi connectivity index (χ1v) is 8.30. The third-order valence-electron chi connectivity index (χ3n) is 4.62. The summed E-state index contributed by atoms with van der Waals surface area (Å²) in [5, 5.41) is 0. The molecule has 2 aliphatic heterocycles. The monoisotopic (exact) mass is 293 g/mol. The molecule has 110 valence electrons. The lowest BCUT2D eigenvalue weighted by atomic mass is 9.92. The molecule has 20 heavy (non-hydrogen) atoms. The SMILES string of the molecule is COc1cc2c(cc1OC)C(CC1CCCN1C)CS2. The zero-order valence-electron chi connectivity index (χ0n) is 12.5. The largest absolute Gasteiger partial charge is 0.493 e. The van der Waals surface area contributed by atoms with E-state index in [0.29, 0.717) is 5.92 Å². The van der Waals surface area contributed by atoms with Crippen LogP contribution in [-0.2, 0) is 0 Å². The van der Waals surface area contributed by atoms with E-state index in [-0.39, 0.29) is 0 Å². The fourth-order valence-electron chi connectivity index (χ4n) is 3.40. The van der Waals surface area contributed by atoms with Crippen LogP contribution in [0.2, 0.25) is 0 Å². The van der Waals surface area contributed by atoms with E-state index in [9.17, 15) is 0 Å². The van der Waals surface area contributed by atoms with E-state index in [4.69, 9.17) is 9.47 Å². The molecule has 1 fully saturated rings. The standard InChI is InChI=1S/C16H23NO2S/c1-17-6-4-5-12(17)7-11-10-20-16-9-15(19-3)14(18-2)8-13(11)16/h8-9,11-12H,4-7,10H2,1-3H3. The van der Waals surface area contributed by atoms with Gasteiger partial charge in [-0.05, 0) is 56.5 Å². The van der Waals surface area contributed by atoms with E-state index in [1.54, 1.807) is 14.2 Å². The first kappa shape index (κ1) is 14.1. The van der Waals surface area contributed by atoms with Crippen molar-refractivity contribution in [3.63, 3.8) is 0 Å². The molecule has 0 spiro atoms. The van der Waals surface area contributed by atoms with Gasteiger partial charge in [0.1, 0.15) is 0 Å². The Kier molecular flexibility index (Phi) is 4.13. The number of benzene rings is 1. The van der Waals surface area contributed by atoms with Crippen molar-refractivity contribution in [3.05, 3.63) is 17.7 Å². The maximum atomic E-state index is 5.46. The van der Waals surface area contributed by atoms with Crippen LogP contribution in [0.5, 0.6) is 11.5 Å². The molecule has 0 saturated carbocycles. The minimum atomic E-state index is 0.653. The van der Waals surface area contributed by atoms with Gasteiger partial charge in [-0.3, -0.25) is 0 Å². The number of methoxy groups -OCH3 is 2. The number of likely N-dealkylation sites (tertiary alicyclic amines) is 1. The third-order valence-corrected chi connectivity index (χ3v) is 5.86. The average Bonchev–Trinajstić information content (AvgIpc) is 3.05. The highest BCUT2D eigenvalue weighted by Crippen LogP contribution is 2.47. The molecule has 2 atom stereocenters. The highest BCUT2D eigenvalue weighted by atomic mass is 32.2. The van der Waals surface area contributed by atoms with Gasteiger partial charge in [0.15, 0.2) is 11.5 Å². The van der Waals surface area contributed by atoms with Gasteiger partial charge < -0.3 is 14.4 Å². The molecule has 0 radical (unpaired) electrons. The lowest BCUT2D eigenvalue weighted by Crippen LogP contribution is -2.26. The first-order valence-electron chi connectivity index (χ1n) is 7.32. The van der Waals surface area contributed by atoms with Gasteiger partial charge in [0, 0.05) is 16.7 Å². The summed E-state index contributed by atoms with van der Waals surface area (Å²) < 4.78 is 10.9. The van der Waals surface area contributed by atoms with Crippen LogP contribution in [0.15, 0.2) is 17.0 Å². The summed E-state index contributed by atoms with van der Waals surface area (Å²) in [5.74, 6) is 3.55. The molecule has 2 aliphatic rings. The highest BCUT2D eigenvalue weighted by molar-refractivity contribution is 7.99. The lowest BCUT2D eigenvalue weighted by molar-refractivity contribution is 0.286. The van der Waals surface area contributed by atoms with E-state index < -0.39 is 0 Å². The van der Waals surface area contributed by atoms with Crippen molar-refractivity contribution in [2.75, 3.05) is 33.6 Å². The second-order valence-corrected chi connectivity index (χ2v) is 6.83. The fourth-order valence-corrected chi connectivity index (χ4v) is 4.68. The summed E-state index contributed by atoms with van der Waals surface area (Å²) in [6.07, 6.45) is 3.96. The highest BCUT2D eigenvalue weighted by Gasteiger charge is 2.30. The van der Waals surface area contributed by atoms with Crippen LogP contribution < -0.4 is 9.47 Å². The summed E-state index contributed by atoms with van der Waals surface area (Å²) in [6.45, 7) is 1.25. The summed E-state index contributed by atoms with van der Waals surface area (Å²) >= 11 is 1.96. The van der Waals surface area contributed by atoms with Crippen LogP contribution >= 0.6 is 11.8 Å². The number of thioether (sulfide) groups is 1. The van der Waals surface area contributed by atoms with E-state index in [1.807, 2.05) is 11.8 Å². The number of rotatable bonds is 4. The molecule has 0 aromatic heterocycles. The number of ether oxygens (including phenoxy) is 2. The Hall–Kier alpha value is -0.870. The Bertz CT molecular complexity index is 492. The predicted octanol–water partition coefficient (Wildman–Crippen LogP) is 3.38. The number of fused-ring (bicyclic) bond motifs is 1. The molecule has 3 rings (SSSR count). The van der Waals surface area contributed by atoms with Crippen molar-refractivity contribution in [1.82, 2.24) is 4.90 Å². The van der Waals surface area contributed by atoms with Gasteiger partial charge in [-0.1, -0.05) is 0 Å². The average molecular weight is 293 g/mol. The summed E-state index contributed by atoms with van der Waals surface area (Å²) in [5.41, 5.74) is 1.45. The number of nitrogens with zero attached hydrogens (tertiary/aromatic N) is 1. The quantitative estimate of drug-likeness (QED) is 0.848. The molecule has 1 saturated heterocycles. The summed E-state index contributed by atoms with van der Waals surface area (Å²) in [6, 6.07) is 5.07. The molecule has 3 nitrogen and oxygen atoms in total. The van der Waals surface area contributed by atoms with Crippen molar-refractivity contribution >= 4 is 11.8 Å². The summed E-state index contributed by atoms with van der Waals surface area (Å²) in [7, 11) is 5.68. The smallest absolute Gasteiger partial charge is 0.161 e. The Morgan fingerprint density at radius 3 is 2.65 bits per heavy atom. The molecule has 1 aromatic rings. The molecule has 2 unspecified atom stereocenters. The van der Waals surface area contributed by atoms with E-state index in [0.717, 1.165) is 17.5 Å². The van der Waals surface area contributed by atoms with Crippen molar-refractivity contribution < 1.29 is 9.47 Å². The van der Waals surface area contributed by atoms with Crippen LogP contribution in [0, 0.1) is 0 Å². The Morgan fingerprint density at radius 2 is 2.00 bits per heavy atom. The van der Waals surface area contributed by atoms with Crippen LogP contribution in [-0.4, -0.2) is 44.5 Å². The van der Waals surface area contributed by atoms with Crippen molar-refractivity contribution in [3.8, 4) is 11.5 Å². The number of hydrogen-bond acceptors (Lipinski definition) is 4. The second-order valence-electron chi connectivity index (χ2n) is 5.77.